The van der Waals surface area contributed by atoms with Gasteiger partial charge in [0.1, 0.15) is 0 Å². The highest BCUT2D eigenvalue weighted by atomic mass is 14.8. The average Bonchev–Trinajstić information content (AvgIpc) is 3.37. The molecule has 1 nitrogen and oxygen atoms in total. The molecule has 3 fully saturated rings. The molecule has 268 valence electrons. The molecule has 3 saturated carbocycles. The van der Waals surface area contributed by atoms with Gasteiger partial charge in [-0.1, -0.05) is 165 Å². The number of nitrogens with one attached hydrogen (secondary N) is 1. The summed E-state index contributed by atoms with van der Waals surface area (Å²) >= 11 is 0. The monoisotopic (exact) mass is 638 g/mol. The van der Waals surface area contributed by atoms with E-state index in [1.807, 2.05) is 68.5 Å². The minimum absolute atomic E-state index is 0. The first kappa shape index (κ1) is 48.4. The van der Waals surface area contributed by atoms with Crippen LogP contribution in [0, 0.1) is 34.0 Å². The van der Waals surface area contributed by atoms with E-state index in [0.717, 1.165) is 30.6 Å². The summed E-state index contributed by atoms with van der Waals surface area (Å²) in [6, 6.07) is 8.91. The predicted octanol–water partition coefficient (Wildman–Crippen LogP) is 15.3. The number of benzene rings is 1. The standard InChI is InChI=1S/C33H47N.C3H8.4C2H6.CH4/c1-8-10-26-15-18-28-29(31(26,4)21-9-2)19-23-33(6)30(28)20-22-32(33,5)24(3)11-12-25-13-16-27(34-7)17-14-25;1-3-2;4*1-2;/h8-10,13-14,16-17,21,28-30,34H,1,3,11-12,15,18-20,22-23H2,2,4-7H3;3H2,1-2H3;4*1-2H3;1H4/b21-9-,26-10-;;;;;;. The Labute approximate surface area is 291 Å². The largest absolute Gasteiger partial charge is 0.388 e. The maximum absolute atomic E-state index is 4.75. The highest BCUT2D eigenvalue weighted by Gasteiger charge is 2.62. The molecule has 3 aliphatic carbocycles. The molecule has 0 aliphatic heterocycles. The van der Waals surface area contributed by atoms with Gasteiger partial charge in [-0.25, -0.2) is 0 Å². The lowest BCUT2D eigenvalue weighted by atomic mass is 9.46. The van der Waals surface area contributed by atoms with Crippen LogP contribution in [0.3, 0.4) is 0 Å². The van der Waals surface area contributed by atoms with Crippen LogP contribution in [0.25, 0.3) is 0 Å². The molecular formula is C45H83N. The summed E-state index contributed by atoms with van der Waals surface area (Å²) in [6.45, 7) is 38.9. The van der Waals surface area contributed by atoms with Crippen molar-refractivity contribution in [3.05, 3.63) is 78.4 Å². The van der Waals surface area contributed by atoms with Crippen molar-refractivity contribution in [3.8, 4) is 0 Å². The fourth-order valence-electron chi connectivity index (χ4n) is 8.50. The van der Waals surface area contributed by atoms with Crippen molar-refractivity contribution >= 4 is 5.69 Å². The Balaban J connectivity index is -0.00000138. The Kier molecular flexibility index (Phi) is 26.4. The Morgan fingerprint density at radius 3 is 1.87 bits per heavy atom. The molecule has 1 heteroatoms. The summed E-state index contributed by atoms with van der Waals surface area (Å²) in [5.74, 6) is 2.39. The molecule has 3 aliphatic rings. The number of rotatable bonds is 7. The predicted molar refractivity (Wildman–Crippen MR) is 217 cm³/mol. The second kappa shape index (κ2) is 25.1. The zero-order chi connectivity index (χ0) is 35.3. The third kappa shape index (κ3) is 11.0. The zero-order valence-electron chi connectivity index (χ0n) is 33.1. The van der Waals surface area contributed by atoms with E-state index in [1.165, 1.54) is 61.8 Å². The van der Waals surface area contributed by atoms with E-state index in [-0.39, 0.29) is 18.3 Å². The van der Waals surface area contributed by atoms with Gasteiger partial charge in [-0.3, -0.25) is 0 Å². The van der Waals surface area contributed by atoms with E-state index < -0.39 is 0 Å². The molecule has 0 saturated heterocycles. The summed E-state index contributed by atoms with van der Waals surface area (Å²) in [5, 5.41) is 3.22. The van der Waals surface area contributed by atoms with Gasteiger partial charge >= 0.3 is 0 Å². The average molecular weight is 638 g/mol. The molecule has 0 amide bonds. The Hall–Kier alpha value is -2.02. The Morgan fingerprint density at radius 1 is 0.870 bits per heavy atom. The van der Waals surface area contributed by atoms with E-state index >= 15 is 0 Å². The van der Waals surface area contributed by atoms with Crippen molar-refractivity contribution in [1.29, 1.82) is 0 Å². The van der Waals surface area contributed by atoms with Gasteiger partial charge in [0, 0.05) is 18.2 Å². The van der Waals surface area contributed by atoms with E-state index in [2.05, 4.69) is 95.9 Å². The van der Waals surface area contributed by atoms with Gasteiger partial charge in [-0.05, 0) is 105 Å². The van der Waals surface area contributed by atoms with Gasteiger partial charge in [0.2, 0.25) is 0 Å². The number of hydrogen-bond donors (Lipinski definition) is 1. The maximum atomic E-state index is 4.75. The molecule has 1 aromatic carbocycles. The lowest BCUT2D eigenvalue weighted by Gasteiger charge is -2.59. The van der Waals surface area contributed by atoms with Crippen LogP contribution in [0.1, 0.15) is 161 Å². The van der Waals surface area contributed by atoms with Crippen molar-refractivity contribution in [2.45, 2.75) is 162 Å². The van der Waals surface area contributed by atoms with Crippen molar-refractivity contribution < 1.29 is 0 Å². The lowest BCUT2D eigenvalue weighted by Crippen LogP contribution is -2.51. The van der Waals surface area contributed by atoms with E-state index in [1.54, 1.807) is 5.57 Å². The number of aryl methyl sites for hydroxylation is 1. The molecule has 0 spiro atoms. The van der Waals surface area contributed by atoms with Crippen molar-refractivity contribution in [2.75, 3.05) is 12.4 Å². The summed E-state index contributed by atoms with van der Waals surface area (Å²) in [7, 11) is 1.98. The van der Waals surface area contributed by atoms with Gasteiger partial charge in [-0.2, -0.15) is 0 Å². The van der Waals surface area contributed by atoms with Crippen LogP contribution in [0.15, 0.2) is 72.9 Å². The summed E-state index contributed by atoms with van der Waals surface area (Å²) in [4.78, 5) is 0. The van der Waals surface area contributed by atoms with Gasteiger partial charge in [0.25, 0.3) is 0 Å². The van der Waals surface area contributed by atoms with Crippen molar-refractivity contribution in [3.63, 3.8) is 0 Å². The first-order chi connectivity index (χ1) is 21.6. The molecule has 46 heavy (non-hydrogen) atoms. The van der Waals surface area contributed by atoms with E-state index in [4.69, 9.17) is 6.58 Å². The minimum atomic E-state index is 0. The molecule has 1 aromatic rings. The maximum Gasteiger partial charge on any atom is 0.0337 e. The Bertz CT molecular complexity index is 981. The van der Waals surface area contributed by atoms with Crippen LogP contribution in [0.2, 0.25) is 0 Å². The van der Waals surface area contributed by atoms with Gasteiger partial charge in [0.15, 0.2) is 0 Å². The fourth-order valence-corrected chi connectivity index (χ4v) is 8.50. The normalized spacial score (nSPS) is 29.4. The summed E-state index contributed by atoms with van der Waals surface area (Å²) in [5.41, 5.74) is 6.50. The number of allylic oxidation sites excluding steroid dienone is 6. The van der Waals surface area contributed by atoms with E-state index in [9.17, 15) is 0 Å². The van der Waals surface area contributed by atoms with Crippen LogP contribution >= 0.6 is 0 Å². The fraction of sp³-hybridized carbons (Fsp3) is 0.689. The van der Waals surface area contributed by atoms with Crippen LogP contribution in [0.4, 0.5) is 5.69 Å². The lowest BCUT2D eigenvalue weighted by molar-refractivity contribution is -0.0515. The quantitative estimate of drug-likeness (QED) is 0.293. The third-order valence-corrected chi connectivity index (χ3v) is 10.8. The van der Waals surface area contributed by atoms with Crippen LogP contribution in [-0.4, -0.2) is 7.05 Å². The molecule has 1 N–H and O–H groups in total. The number of anilines is 1. The molecule has 0 heterocycles. The zero-order valence-corrected chi connectivity index (χ0v) is 33.1. The minimum Gasteiger partial charge on any atom is -0.388 e. The van der Waals surface area contributed by atoms with Crippen LogP contribution in [0.5, 0.6) is 0 Å². The molecule has 0 radical (unpaired) electrons. The Morgan fingerprint density at radius 2 is 1.39 bits per heavy atom. The molecule has 6 unspecified atom stereocenters. The van der Waals surface area contributed by atoms with Gasteiger partial charge in [0.05, 0.1) is 0 Å². The SMILES string of the molecule is C.C=C/C=C1/CCC2C(CCC3(C)C2CCC3(C)C(=C)CCc2ccc(NC)cc2)C1(C)/C=C\C.CC.CC.CC.CC.CCC. The second-order valence-corrected chi connectivity index (χ2v) is 12.7. The highest BCUT2D eigenvalue weighted by molar-refractivity contribution is 5.44. The molecule has 0 aromatic heterocycles. The molecule has 0 bridgehead atoms. The number of fused-ring (bicyclic) bond motifs is 3. The second-order valence-electron chi connectivity index (χ2n) is 12.7. The van der Waals surface area contributed by atoms with E-state index in [0.29, 0.717) is 5.41 Å². The van der Waals surface area contributed by atoms with Gasteiger partial charge in [-0.15, -0.1) is 0 Å². The summed E-state index contributed by atoms with van der Waals surface area (Å²) < 4.78 is 0. The van der Waals surface area contributed by atoms with Crippen LogP contribution < -0.4 is 5.32 Å². The first-order valence-corrected chi connectivity index (χ1v) is 19.1. The topological polar surface area (TPSA) is 12.0 Å². The number of hydrogen-bond acceptors (Lipinski definition) is 1. The molecular weight excluding hydrogens is 555 g/mol. The van der Waals surface area contributed by atoms with Gasteiger partial charge < -0.3 is 5.32 Å². The third-order valence-electron chi connectivity index (χ3n) is 10.8. The van der Waals surface area contributed by atoms with Crippen molar-refractivity contribution in [2.24, 2.45) is 34.0 Å². The smallest absolute Gasteiger partial charge is 0.0337 e. The molecule has 4 rings (SSSR count). The highest BCUT2D eigenvalue weighted by Crippen LogP contribution is 2.70. The first-order valence-electron chi connectivity index (χ1n) is 19.1. The van der Waals surface area contributed by atoms with Crippen molar-refractivity contribution in [1.82, 2.24) is 0 Å². The van der Waals surface area contributed by atoms with Crippen LogP contribution in [-0.2, 0) is 6.42 Å². The summed E-state index contributed by atoms with van der Waals surface area (Å²) in [6.07, 6.45) is 20.5. The molecule has 6 atom stereocenters.